The summed E-state index contributed by atoms with van der Waals surface area (Å²) in [5.74, 6) is -0.974. The topological polar surface area (TPSA) is 46.5 Å². The molecule has 1 N–H and O–H groups in total. The molecule has 0 aromatic heterocycles. The number of benzene rings is 1. The van der Waals surface area contributed by atoms with Crippen LogP contribution in [0.4, 0.5) is 0 Å². The second kappa shape index (κ2) is 4.33. The van der Waals surface area contributed by atoms with Crippen molar-refractivity contribution in [1.82, 2.24) is 0 Å². The molecule has 14 heavy (non-hydrogen) atoms. The van der Waals surface area contributed by atoms with E-state index < -0.39 is 11.9 Å². The molecule has 0 fully saturated rings. The van der Waals surface area contributed by atoms with Gasteiger partial charge in [-0.15, -0.1) is 0 Å². The average molecular weight is 215 g/mol. The molecule has 1 aromatic rings. The van der Waals surface area contributed by atoms with Crippen LogP contribution in [0, 0.1) is 0 Å². The third-order valence-electron chi connectivity index (χ3n) is 2.03. The number of ether oxygens (including phenoxy) is 1. The van der Waals surface area contributed by atoms with Gasteiger partial charge in [0.25, 0.3) is 0 Å². The highest BCUT2D eigenvalue weighted by molar-refractivity contribution is 6.30. The molecule has 0 radical (unpaired) electrons. The summed E-state index contributed by atoms with van der Waals surface area (Å²) in [7, 11) is 1.50. The van der Waals surface area contributed by atoms with Crippen molar-refractivity contribution in [1.29, 1.82) is 0 Å². The van der Waals surface area contributed by atoms with Crippen LogP contribution in [-0.2, 0) is 4.79 Å². The monoisotopic (exact) mass is 214 g/mol. The number of methoxy groups -OCH3 is 1. The van der Waals surface area contributed by atoms with E-state index in [4.69, 9.17) is 21.4 Å². The van der Waals surface area contributed by atoms with Crippen molar-refractivity contribution < 1.29 is 14.6 Å². The van der Waals surface area contributed by atoms with Gasteiger partial charge in [0.2, 0.25) is 0 Å². The van der Waals surface area contributed by atoms with Crippen LogP contribution in [0.3, 0.4) is 0 Å². The van der Waals surface area contributed by atoms with E-state index in [0.29, 0.717) is 16.3 Å². The van der Waals surface area contributed by atoms with Gasteiger partial charge in [0.15, 0.2) is 0 Å². The molecule has 0 unspecified atom stereocenters. The standard InChI is InChI=1S/C10H11ClO3/c1-6(10(12)13)8-5-7(11)3-4-9(8)14-2/h3-6H,1-2H3,(H,12,13)/t6-/m0/s1. The first-order valence-electron chi connectivity index (χ1n) is 4.12. The van der Waals surface area contributed by atoms with E-state index in [1.807, 2.05) is 0 Å². The van der Waals surface area contributed by atoms with Crippen LogP contribution in [0.1, 0.15) is 18.4 Å². The van der Waals surface area contributed by atoms with Crippen LogP contribution < -0.4 is 4.74 Å². The van der Waals surface area contributed by atoms with Crippen LogP contribution in [0.15, 0.2) is 18.2 Å². The summed E-state index contributed by atoms with van der Waals surface area (Å²) in [5, 5.41) is 9.36. The Labute approximate surface area is 87.3 Å². The molecule has 0 heterocycles. The molecule has 0 aliphatic heterocycles. The number of carboxylic acid groups (broad SMARTS) is 1. The van der Waals surface area contributed by atoms with E-state index in [1.54, 1.807) is 25.1 Å². The number of rotatable bonds is 3. The molecule has 0 spiro atoms. The van der Waals surface area contributed by atoms with Crippen molar-refractivity contribution in [3.05, 3.63) is 28.8 Å². The fourth-order valence-corrected chi connectivity index (χ4v) is 1.36. The van der Waals surface area contributed by atoms with E-state index in [0.717, 1.165) is 0 Å². The van der Waals surface area contributed by atoms with Crippen molar-refractivity contribution in [3.8, 4) is 5.75 Å². The molecule has 0 aliphatic carbocycles. The van der Waals surface area contributed by atoms with Gasteiger partial charge in [-0.1, -0.05) is 11.6 Å². The maximum Gasteiger partial charge on any atom is 0.310 e. The number of carboxylic acids is 1. The van der Waals surface area contributed by atoms with Gasteiger partial charge in [0.05, 0.1) is 13.0 Å². The summed E-state index contributed by atoms with van der Waals surface area (Å²) in [4.78, 5) is 10.8. The maximum atomic E-state index is 10.8. The van der Waals surface area contributed by atoms with Crippen molar-refractivity contribution >= 4 is 17.6 Å². The normalized spacial score (nSPS) is 12.2. The lowest BCUT2D eigenvalue weighted by molar-refractivity contribution is -0.138. The van der Waals surface area contributed by atoms with Gasteiger partial charge in [-0.25, -0.2) is 0 Å². The molecule has 1 atom stereocenters. The maximum absolute atomic E-state index is 10.8. The predicted octanol–water partition coefficient (Wildman–Crippen LogP) is 2.54. The van der Waals surface area contributed by atoms with E-state index in [2.05, 4.69) is 0 Å². The first kappa shape index (κ1) is 10.9. The zero-order chi connectivity index (χ0) is 10.7. The number of carbonyl (C=O) groups is 1. The Hall–Kier alpha value is -1.22. The Kier molecular flexibility index (Phi) is 3.36. The molecule has 0 aliphatic rings. The second-order valence-electron chi connectivity index (χ2n) is 2.95. The Balaban J connectivity index is 3.16. The molecule has 0 saturated heterocycles. The largest absolute Gasteiger partial charge is 0.496 e. The molecule has 1 aromatic carbocycles. The highest BCUT2D eigenvalue weighted by atomic mass is 35.5. The molecular formula is C10H11ClO3. The van der Waals surface area contributed by atoms with Crippen LogP contribution in [0.5, 0.6) is 5.75 Å². The Bertz CT molecular complexity index is 349. The number of hydrogen-bond donors (Lipinski definition) is 1. The van der Waals surface area contributed by atoms with Crippen molar-refractivity contribution in [3.63, 3.8) is 0 Å². The quantitative estimate of drug-likeness (QED) is 0.841. The van der Waals surface area contributed by atoms with Gasteiger partial charge < -0.3 is 9.84 Å². The highest BCUT2D eigenvalue weighted by Gasteiger charge is 2.18. The van der Waals surface area contributed by atoms with E-state index in [9.17, 15) is 4.79 Å². The molecular weight excluding hydrogens is 204 g/mol. The highest BCUT2D eigenvalue weighted by Crippen LogP contribution is 2.29. The minimum atomic E-state index is -0.898. The summed E-state index contributed by atoms with van der Waals surface area (Å²) in [6.45, 7) is 1.59. The van der Waals surface area contributed by atoms with Crippen LogP contribution in [-0.4, -0.2) is 18.2 Å². The smallest absolute Gasteiger partial charge is 0.310 e. The SMILES string of the molecule is COc1ccc(Cl)cc1[C@H](C)C(=O)O. The van der Waals surface area contributed by atoms with E-state index in [-0.39, 0.29) is 0 Å². The number of hydrogen-bond acceptors (Lipinski definition) is 2. The minimum absolute atomic E-state index is 0.508. The predicted molar refractivity (Wildman–Crippen MR) is 54.1 cm³/mol. The average Bonchev–Trinajstić information content (AvgIpc) is 2.16. The summed E-state index contributed by atoms with van der Waals surface area (Å²) < 4.78 is 5.05. The molecule has 4 heteroatoms. The molecule has 0 amide bonds. The number of halogens is 1. The Morgan fingerprint density at radius 3 is 2.71 bits per heavy atom. The molecule has 0 saturated carbocycles. The Morgan fingerprint density at radius 1 is 1.57 bits per heavy atom. The Morgan fingerprint density at radius 2 is 2.21 bits per heavy atom. The molecule has 0 bridgehead atoms. The zero-order valence-corrected chi connectivity index (χ0v) is 8.71. The van der Waals surface area contributed by atoms with Crippen LogP contribution in [0.2, 0.25) is 5.02 Å². The fourth-order valence-electron chi connectivity index (χ4n) is 1.18. The lowest BCUT2D eigenvalue weighted by Gasteiger charge is -2.11. The van der Waals surface area contributed by atoms with Crippen molar-refractivity contribution in [2.45, 2.75) is 12.8 Å². The van der Waals surface area contributed by atoms with Crippen molar-refractivity contribution in [2.75, 3.05) is 7.11 Å². The number of aliphatic carboxylic acids is 1. The molecule has 1 rings (SSSR count). The summed E-state index contributed by atoms with van der Waals surface area (Å²) in [6, 6.07) is 4.94. The molecule has 3 nitrogen and oxygen atoms in total. The van der Waals surface area contributed by atoms with Crippen LogP contribution >= 0.6 is 11.6 Å². The van der Waals surface area contributed by atoms with E-state index >= 15 is 0 Å². The summed E-state index contributed by atoms with van der Waals surface area (Å²) >= 11 is 5.77. The lowest BCUT2D eigenvalue weighted by atomic mass is 10.0. The summed E-state index contributed by atoms with van der Waals surface area (Å²) in [5.41, 5.74) is 0.590. The fraction of sp³-hybridized carbons (Fsp3) is 0.300. The van der Waals surface area contributed by atoms with E-state index in [1.165, 1.54) is 7.11 Å². The third kappa shape index (κ3) is 2.17. The first-order chi connectivity index (χ1) is 6.56. The minimum Gasteiger partial charge on any atom is -0.496 e. The zero-order valence-electron chi connectivity index (χ0n) is 7.95. The van der Waals surface area contributed by atoms with Crippen LogP contribution in [0.25, 0.3) is 0 Å². The van der Waals surface area contributed by atoms with Gasteiger partial charge in [-0.2, -0.15) is 0 Å². The third-order valence-corrected chi connectivity index (χ3v) is 2.26. The summed E-state index contributed by atoms with van der Waals surface area (Å²) in [6.07, 6.45) is 0. The van der Waals surface area contributed by atoms with Gasteiger partial charge in [0, 0.05) is 10.6 Å². The van der Waals surface area contributed by atoms with Gasteiger partial charge in [-0.05, 0) is 25.1 Å². The molecule has 76 valence electrons. The lowest BCUT2D eigenvalue weighted by Crippen LogP contribution is -2.08. The van der Waals surface area contributed by atoms with Gasteiger partial charge in [0.1, 0.15) is 5.75 Å². The van der Waals surface area contributed by atoms with Crippen molar-refractivity contribution in [2.24, 2.45) is 0 Å². The second-order valence-corrected chi connectivity index (χ2v) is 3.38. The van der Waals surface area contributed by atoms with Gasteiger partial charge in [-0.3, -0.25) is 4.79 Å². The van der Waals surface area contributed by atoms with Gasteiger partial charge >= 0.3 is 5.97 Å². The first-order valence-corrected chi connectivity index (χ1v) is 4.50.